The molecule has 27 heavy (non-hydrogen) atoms. The third-order valence-corrected chi connectivity index (χ3v) is 4.73. The van der Waals surface area contributed by atoms with Gasteiger partial charge in [-0.3, -0.25) is 9.88 Å². The van der Waals surface area contributed by atoms with E-state index in [0.717, 1.165) is 31.5 Å². The van der Waals surface area contributed by atoms with Crippen LogP contribution in [0.5, 0.6) is 0 Å². The minimum absolute atomic E-state index is 0.297. The highest BCUT2D eigenvalue weighted by Crippen LogP contribution is 2.21. The SMILES string of the molecule is Cc1cc(C)n(CCNC(=O)Nc2ccnn2C[C@H]2CC=CCC2)c(=O)n1. The molecular formula is C19H26N6O2. The zero-order valence-electron chi connectivity index (χ0n) is 15.8. The standard InChI is InChI=1S/C19H26N6O2/c1-14-12-15(2)24(19(27)22-14)11-10-20-18(26)23-17-8-9-21-25(17)13-16-6-4-3-5-7-16/h3-4,8-9,12,16H,5-7,10-11,13H2,1-2H3,(H2,20,23,26)/t16-/m0/s1. The average molecular weight is 370 g/mol. The molecule has 2 heterocycles. The summed E-state index contributed by atoms with van der Waals surface area (Å²) in [5.41, 5.74) is 1.23. The van der Waals surface area contributed by atoms with Crippen LogP contribution in [0.3, 0.4) is 0 Å². The number of nitrogens with one attached hydrogen (secondary N) is 2. The van der Waals surface area contributed by atoms with Crippen molar-refractivity contribution in [1.29, 1.82) is 0 Å². The first-order chi connectivity index (χ1) is 13.0. The van der Waals surface area contributed by atoms with E-state index in [-0.39, 0.29) is 11.7 Å². The van der Waals surface area contributed by atoms with Crippen molar-refractivity contribution in [2.75, 3.05) is 11.9 Å². The normalized spacial score (nSPS) is 16.3. The fourth-order valence-electron chi connectivity index (χ4n) is 3.34. The first-order valence-electron chi connectivity index (χ1n) is 9.29. The molecule has 2 aromatic heterocycles. The van der Waals surface area contributed by atoms with E-state index in [4.69, 9.17) is 0 Å². The second-order valence-electron chi connectivity index (χ2n) is 6.90. The number of urea groups is 1. The maximum atomic E-state index is 12.2. The Labute approximate surface area is 158 Å². The zero-order valence-corrected chi connectivity index (χ0v) is 15.8. The first kappa shape index (κ1) is 18.9. The van der Waals surface area contributed by atoms with E-state index in [2.05, 4.69) is 32.9 Å². The third-order valence-electron chi connectivity index (χ3n) is 4.73. The molecule has 0 spiro atoms. The summed E-state index contributed by atoms with van der Waals surface area (Å²) in [6, 6.07) is 3.32. The summed E-state index contributed by atoms with van der Waals surface area (Å²) in [4.78, 5) is 28.0. The predicted molar refractivity (Wildman–Crippen MR) is 104 cm³/mol. The topological polar surface area (TPSA) is 93.8 Å². The Balaban J connectivity index is 1.51. The second kappa shape index (κ2) is 8.66. The lowest BCUT2D eigenvalue weighted by Crippen LogP contribution is -2.35. The van der Waals surface area contributed by atoms with Crippen molar-refractivity contribution in [2.45, 2.75) is 46.2 Å². The highest BCUT2D eigenvalue weighted by molar-refractivity contribution is 5.88. The second-order valence-corrected chi connectivity index (χ2v) is 6.90. The Kier molecular flexibility index (Phi) is 6.05. The summed E-state index contributed by atoms with van der Waals surface area (Å²) in [7, 11) is 0. The van der Waals surface area contributed by atoms with E-state index in [0.29, 0.717) is 30.5 Å². The van der Waals surface area contributed by atoms with Crippen molar-refractivity contribution in [3.63, 3.8) is 0 Å². The molecule has 2 aromatic rings. The minimum Gasteiger partial charge on any atom is -0.336 e. The zero-order chi connectivity index (χ0) is 19.2. The molecule has 2 N–H and O–H groups in total. The van der Waals surface area contributed by atoms with Gasteiger partial charge in [0.1, 0.15) is 5.82 Å². The van der Waals surface area contributed by atoms with E-state index in [1.807, 2.05) is 17.7 Å². The van der Waals surface area contributed by atoms with E-state index in [1.54, 1.807) is 23.8 Å². The Morgan fingerprint density at radius 3 is 2.93 bits per heavy atom. The maximum Gasteiger partial charge on any atom is 0.348 e. The molecular weight excluding hydrogens is 344 g/mol. The number of carbonyl (C=O) groups is 1. The molecule has 2 amide bonds. The predicted octanol–water partition coefficient (Wildman–Crippen LogP) is 2.23. The molecule has 0 radical (unpaired) electrons. The molecule has 144 valence electrons. The quantitative estimate of drug-likeness (QED) is 0.763. The van der Waals surface area contributed by atoms with Crippen LogP contribution >= 0.6 is 0 Å². The number of carbonyl (C=O) groups excluding carboxylic acids is 1. The Morgan fingerprint density at radius 2 is 2.19 bits per heavy atom. The summed E-state index contributed by atoms with van der Waals surface area (Å²) in [5, 5.41) is 9.93. The van der Waals surface area contributed by atoms with Crippen molar-refractivity contribution < 1.29 is 4.79 Å². The summed E-state index contributed by atoms with van der Waals surface area (Å²) in [6.07, 6.45) is 9.39. The van der Waals surface area contributed by atoms with Gasteiger partial charge >= 0.3 is 11.7 Å². The fourth-order valence-corrected chi connectivity index (χ4v) is 3.34. The molecule has 0 unspecified atom stereocenters. The molecule has 0 fully saturated rings. The maximum absolute atomic E-state index is 12.2. The lowest BCUT2D eigenvalue weighted by molar-refractivity contribution is 0.251. The van der Waals surface area contributed by atoms with Gasteiger partial charge in [0.15, 0.2) is 0 Å². The molecule has 8 heteroatoms. The third kappa shape index (κ3) is 5.06. The van der Waals surface area contributed by atoms with Gasteiger partial charge in [-0.25, -0.2) is 14.3 Å². The number of rotatable bonds is 6. The first-order valence-corrected chi connectivity index (χ1v) is 9.29. The van der Waals surface area contributed by atoms with Gasteiger partial charge in [0.2, 0.25) is 0 Å². The Bertz CT molecular complexity index is 883. The fraction of sp³-hybridized carbons (Fsp3) is 0.474. The van der Waals surface area contributed by atoms with Crippen LogP contribution in [0, 0.1) is 19.8 Å². The minimum atomic E-state index is -0.314. The lowest BCUT2D eigenvalue weighted by Gasteiger charge is -2.19. The summed E-state index contributed by atoms with van der Waals surface area (Å²) in [5.74, 6) is 1.22. The van der Waals surface area contributed by atoms with Crippen LogP contribution < -0.4 is 16.3 Å². The highest BCUT2D eigenvalue weighted by atomic mass is 16.2. The van der Waals surface area contributed by atoms with Crippen LogP contribution in [0.4, 0.5) is 10.6 Å². The lowest BCUT2D eigenvalue weighted by atomic mass is 9.94. The van der Waals surface area contributed by atoms with Gasteiger partial charge in [0.25, 0.3) is 0 Å². The number of aromatic nitrogens is 4. The summed E-state index contributed by atoms with van der Waals surface area (Å²) in [6.45, 7) is 5.14. The average Bonchev–Trinajstić information content (AvgIpc) is 3.04. The van der Waals surface area contributed by atoms with Crippen molar-refractivity contribution in [3.8, 4) is 0 Å². The molecule has 3 rings (SSSR count). The Morgan fingerprint density at radius 1 is 1.33 bits per heavy atom. The van der Waals surface area contributed by atoms with Crippen molar-refractivity contribution in [2.24, 2.45) is 5.92 Å². The number of amides is 2. The monoisotopic (exact) mass is 370 g/mol. The molecule has 0 bridgehead atoms. The number of hydrogen-bond donors (Lipinski definition) is 2. The van der Waals surface area contributed by atoms with E-state index in [9.17, 15) is 9.59 Å². The number of aryl methyl sites for hydroxylation is 2. The van der Waals surface area contributed by atoms with Gasteiger partial charge in [-0.15, -0.1) is 0 Å². The van der Waals surface area contributed by atoms with E-state index < -0.39 is 0 Å². The van der Waals surface area contributed by atoms with Crippen LogP contribution in [0.1, 0.15) is 30.7 Å². The number of allylic oxidation sites excluding steroid dienone is 2. The van der Waals surface area contributed by atoms with Gasteiger partial charge in [-0.2, -0.15) is 10.1 Å². The smallest absolute Gasteiger partial charge is 0.336 e. The molecule has 8 nitrogen and oxygen atoms in total. The van der Waals surface area contributed by atoms with Gasteiger partial charge in [-0.1, -0.05) is 12.2 Å². The number of hydrogen-bond acceptors (Lipinski definition) is 4. The van der Waals surface area contributed by atoms with Crippen LogP contribution in [-0.2, 0) is 13.1 Å². The van der Waals surface area contributed by atoms with E-state index >= 15 is 0 Å². The largest absolute Gasteiger partial charge is 0.348 e. The van der Waals surface area contributed by atoms with E-state index in [1.165, 1.54) is 0 Å². The molecule has 1 aliphatic rings. The Hall–Kier alpha value is -2.90. The van der Waals surface area contributed by atoms with Crippen LogP contribution in [-0.4, -0.2) is 31.9 Å². The van der Waals surface area contributed by atoms with Crippen molar-refractivity contribution >= 4 is 11.8 Å². The molecule has 0 saturated carbocycles. The van der Waals surface area contributed by atoms with Crippen LogP contribution in [0.15, 0.2) is 35.3 Å². The number of anilines is 1. The van der Waals surface area contributed by atoms with Crippen LogP contribution in [0.2, 0.25) is 0 Å². The molecule has 0 aromatic carbocycles. The molecule has 1 atom stereocenters. The van der Waals surface area contributed by atoms with Gasteiger partial charge in [-0.05, 0) is 45.1 Å². The molecule has 0 aliphatic heterocycles. The number of nitrogens with zero attached hydrogens (tertiary/aromatic N) is 4. The molecule has 1 aliphatic carbocycles. The van der Waals surface area contributed by atoms with Crippen molar-refractivity contribution in [3.05, 3.63) is 52.4 Å². The van der Waals surface area contributed by atoms with Gasteiger partial charge in [0, 0.05) is 37.1 Å². The van der Waals surface area contributed by atoms with Crippen molar-refractivity contribution in [1.82, 2.24) is 24.6 Å². The highest BCUT2D eigenvalue weighted by Gasteiger charge is 2.14. The van der Waals surface area contributed by atoms with Crippen LogP contribution in [0.25, 0.3) is 0 Å². The summed E-state index contributed by atoms with van der Waals surface area (Å²) >= 11 is 0. The van der Waals surface area contributed by atoms with Gasteiger partial charge in [0.05, 0.1) is 6.20 Å². The summed E-state index contributed by atoms with van der Waals surface area (Å²) < 4.78 is 3.38. The molecule has 0 saturated heterocycles. The van der Waals surface area contributed by atoms with Gasteiger partial charge < -0.3 is 5.32 Å².